The highest BCUT2D eigenvalue weighted by molar-refractivity contribution is 5.83. The summed E-state index contributed by atoms with van der Waals surface area (Å²) in [7, 11) is 0. The molecule has 2 N–H and O–H groups in total. The molecule has 0 aromatic rings. The Bertz CT molecular complexity index is 268. The lowest BCUT2D eigenvalue weighted by atomic mass is 9.70. The first-order chi connectivity index (χ1) is 8.08. The van der Waals surface area contributed by atoms with Crippen molar-refractivity contribution in [1.82, 2.24) is 0 Å². The van der Waals surface area contributed by atoms with Crippen molar-refractivity contribution in [1.29, 1.82) is 0 Å². The van der Waals surface area contributed by atoms with E-state index in [0.29, 0.717) is 23.7 Å². The number of hydrogen-bond acceptors (Lipinski definition) is 2. The third kappa shape index (κ3) is 3.09. The van der Waals surface area contributed by atoms with Gasteiger partial charge < -0.3 is 5.73 Å². The van der Waals surface area contributed by atoms with Crippen molar-refractivity contribution in [3.05, 3.63) is 0 Å². The van der Waals surface area contributed by atoms with Gasteiger partial charge in [0.1, 0.15) is 5.78 Å². The summed E-state index contributed by atoms with van der Waals surface area (Å²) in [5.41, 5.74) is 5.90. The Morgan fingerprint density at radius 2 is 1.47 bits per heavy atom. The predicted octanol–water partition coefficient (Wildman–Crippen LogP) is 3.15. The van der Waals surface area contributed by atoms with Gasteiger partial charge >= 0.3 is 0 Å². The van der Waals surface area contributed by atoms with E-state index in [9.17, 15) is 4.79 Å². The summed E-state index contributed by atoms with van der Waals surface area (Å²) in [5, 5.41) is 0. The van der Waals surface area contributed by atoms with Crippen LogP contribution in [-0.2, 0) is 4.79 Å². The lowest BCUT2D eigenvalue weighted by Crippen LogP contribution is -2.35. The summed E-state index contributed by atoms with van der Waals surface area (Å²) in [5.74, 6) is 2.79. The number of carbonyl (C=O) groups excluding carboxylic acids is 1. The third-order valence-corrected chi connectivity index (χ3v) is 5.17. The number of ketones is 1. The Balaban J connectivity index is 1.87. The van der Waals surface area contributed by atoms with Crippen molar-refractivity contribution in [2.45, 2.75) is 64.8 Å². The summed E-state index contributed by atoms with van der Waals surface area (Å²) in [6.07, 6.45) is 7.68. The molecule has 2 aliphatic carbocycles. The van der Waals surface area contributed by atoms with Gasteiger partial charge in [-0.1, -0.05) is 13.8 Å². The summed E-state index contributed by atoms with van der Waals surface area (Å²) in [6.45, 7) is 4.63. The van der Waals surface area contributed by atoms with E-state index in [1.165, 1.54) is 6.42 Å². The third-order valence-electron chi connectivity index (χ3n) is 5.17. The van der Waals surface area contributed by atoms with Gasteiger partial charge in [0.15, 0.2) is 0 Å². The first-order valence-corrected chi connectivity index (χ1v) is 7.37. The molecule has 0 bridgehead atoms. The molecule has 0 saturated heterocycles. The molecule has 2 saturated carbocycles. The monoisotopic (exact) mass is 237 g/mol. The Morgan fingerprint density at radius 1 is 0.882 bits per heavy atom. The number of carbonyl (C=O) groups is 1. The van der Waals surface area contributed by atoms with E-state index in [0.717, 1.165) is 50.4 Å². The van der Waals surface area contributed by atoms with Gasteiger partial charge in [0.05, 0.1) is 0 Å². The Labute approximate surface area is 105 Å². The standard InChI is InChI=1S/C15H27NO/c1-10-3-4-13(9-11(10)2)15(17)12-5-7-14(16)8-6-12/h10-14H,3-9,16H2,1-2H3. The number of hydrogen-bond donors (Lipinski definition) is 1. The number of nitrogens with two attached hydrogens (primary N) is 1. The molecule has 0 heterocycles. The second-order valence-electron chi connectivity index (χ2n) is 6.48. The minimum absolute atomic E-state index is 0.334. The smallest absolute Gasteiger partial charge is 0.139 e. The topological polar surface area (TPSA) is 43.1 Å². The van der Waals surface area contributed by atoms with Gasteiger partial charge in [-0.15, -0.1) is 0 Å². The minimum atomic E-state index is 0.334. The van der Waals surface area contributed by atoms with Crippen LogP contribution in [0.25, 0.3) is 0 Å². The normalized spacial score (nSPS) is 43.4. The zero-order valence-electron chi connectivity index (χ0n) is 11.3. The molecule has 3 atom stereocenters. The van der Waals surface area contributed by atoms with Gasteiger partial charge in [-0.05, 0) is 56.8 Å². The fourth-order valence-corrected chi connectivity index (χ4v) is 3.54. The molecule has 2 rings (SSSR count). The average molecular weight is 237 g/mol. The molecule has 17 heavy (non-hydrogen) atoms. The molecule has 0 aromatic heterocycles. The SMILES string of the molecule is CC1CCC(C(=O)C2CCC(N)CC2)CC1C. The summed E-state index contributed by atoms with van der Waals surface area (Å²) in [6, 6.07) is 0.351. The van der Waals surface area contributed by atoms with E-state index in [-0.39, 0.29) is 0 Å². The maximum atomic E-state index is 12.5. The van der Waals surface area contributed by atoms with Crippen LogP contribution in [0.1, 0.15) is 58.8 Å². The number of rotatable bonds is 2. The highest BCUT2D eigenvalue weighted by Crippen LogP contribution is 2.37. The summed E-state index contributed by atoms with van der Waals surface area (Å²) >= 11 is 0. The van der Waals surface area contributed by atoms with E-state index in [1.807, 2.05) is 0 Å². The van der Waals surface area contributed by atoms with Gasteiger partial charge in [-0.2, -0.15) is 0 Å². The van der Waals surface area contributed by atoms with Crippen molar-refractivity contribution < 1.29 is 4.79 Å². The zero-order chi connectivity index (χ0) is 12.4. The second-order valence-corrected chi connectivity index (χ2v) is 6.48. The maximum Gasteiger partial charge on any atom is 0.139 e. The molecule has 3 unspecified atom stereocenters. The van der Waals surface area contributed by atoms with Crippen LogP contribution in [0, 0.1) is 23.7 Å². The molecule has 2 heteroatoms. The lowest BCUT2D eigenvalue weighted by Gasteiger charge is -2.34. The molecule has 2 fully saturated rings. The van der Waals surface area contributed by atoms with Gasteiger partial charge in [0, 0.05) is 17.9 Å². The fraction of sp³-hybridized carbons (Fsp3) is 0.933. The first-order valence-electron chi connectivity index (χ1n) is 7.37. The van der Waals surface area contributed by atoms with Crippen molar-refractivity contribution in [3.8, 4) is 0 Å². The van der Waals surface area contributed by atoms with Gasteiger partial charge in [0.25, 0.3) is 0 Å². The molecule has 2 nitrogen and oxygen atoms in total. The van der Waals surface area contributed by atoms with Crippen molar-refractivity contribution in [2.24, 2.45) is 29.4 Å². The second kappa shape index (κ2) is 5.51. The maximum absolute atomic E-state index is 12.5. The highest BCUT2D eigenvalue weighted by Gasteiger charge is 2.34. The van der Waals surface area contributed by atoms with Crippen LogP contribution < -0.4 is 5.73 Å². The van der Waals surface area contributed by atoms with Crippen LogP contribution in [0.15, 0.2) is 0 Å². The van der Waals surface area contributed by atoms with E-state index in [2.05, 4.69) is 13.8 Å². The Morgan fingerprint density at radius 3 is 2.06 bits per heavy atom. The predicted molar refractivity (Wildman–Crippen MR) is 70.6 cm³/mol. The lowest BCUT2D eigenvalue weighted by molar-refractivity contribution is -0.129. The molecular formula is C15H27NO. The van der Waals surface area contributed by atoms with E-state index < -0.39 is 0 Å². The molecule has 0 amide bonds. The quantitative estimate of drug-likeness (QED) is 0.801. The minimum Gasteiger partial charge on any atom is -0.328 e. The molecule has 0 aliphatic heterocycles. The van der Waals surface area contributed by atoms with Crippen LogP contribution in [0.3, 0.4) is 0 Å². The van der Waals surface area contributed by atoms with E-state index in [1.54, 1.807) is 0 Å². The zero-order valence-corrected chi connectivity index (χ0v) is 11.3. The van der Waals surface area contributed by atoms with Crippen LogP contribution in [0.4, 0.5) is 0 Å². The molecule has 98 valence electrons. The van der Waals surface area contributed by atoms with Crippen molar-refractivity contribution in [2.75, 3.05) is 0 Å². The summed E-state index contributed by atoms with van der Waals surface area (Å²) in [4.78, 5) is 12.5. The van der Waals surface area contributed by atoms with Gasteiger partial charge in [0.2, 0.25) is 0 Å². The average Bonchev–Trinajstić information content (AvgIpc) is 2.33. The first kappa shape index (κ1) is 13.1. The highest BCUT2D eigenvalue weighted by atomic mass is 16.1. The molecular weight excluding hydrogens is 210 g/mol. The van der Waals surface area contributed by atoms with E-state index in [4.69, 9.17) is 5.73 Å². The van der Waals surface area contributed by atoms with Crippen molar-refractivity contribution in [3.63, 3.8) is 0 Å². The van der Waals surface area contributed by atoms with Crippen LogP contribution in [-0.4, -0.2) is 11.8 Å². The number of Topliss-reactive ketones (excluding diaryl/α,β-unsaturated/α-hetero) is 1. The van der Waals surface area contributed by atoms with E-state index >= 15 is 0 Å². The Kier molecular flexibility index (Phi) is 4.24. The largest absolute Gasteiger partial charge is 0.328 e. The molecule has 0 aromatic carbocycles. The fourth-order valence-electron chi connectivity index (χ4n) is 3.54. The van der Waals surface area contributed by atoms with Crippen molar-refractivity contribution >= 4 is 5.78 Å². The Hall–Kier alpha value is -0.370. The molecule has 2 aliphatic rings. The van der Waals surface area contributed by atoms with Crippen LogP contribution in [0.5, 0.6) is 0 Å². The van der Waals surface area contributed by atoms with Crippen LogP contribution in [0.2, 0.25) is 0 Å². The summed E-state index contributed by atoms with van der Waals surface area (Å²) < 4.78 is 0. The molecule has 0 spiro atoms. The van der Waals surface area contributed by atoms with Gasteiger partial charge in [-0.25, -0.2) is 0 Å². The molecule has 0 radical (unpaired) electrons. The van der Waals surface area contributed by atoms with Gasteiger partial charge in [-0.3, -0.25) is 4.79 Å². The van der Waals surface area contributed by atoms with Crippen LogP contribution >= 0.6 is 0 Å².